The van der Waals surface area contributed by atoms with Crippen LogP contribution in [0.1, 0.15) is 31.7 Å². The lowest BCUT2D eigenvalue weighted by Gasteiger charge is -2.29. The highest BCUT2D eigenvalue weighted by atomic mass is 16.5. The number of fused-ring (bicyclic) bond motifs is 1. The first-order valence-corrected chi connectivity index (χ1v) is 6.96. The summed E-state index contributed by atoms with van der Waals surface area (Å²) in [4.78, 5) is 11.3. The SMILES string of the molecule is CCC(O)(C(=O)O)C(C)c1ccc2cc(OC)ccc2c1. The maximum atomic E-state index is 11.3. The largest absolute Gasteiger partial charge is 0.497 e. The predicted octanol–water partition coefficient (Wildman–Crippen LogP) is 3.18. The van der Waals surface area contributed by atoms with E-state index in [-0.39, 0.29) is 6.42 Å². The van der Waals surface area contributed by atoms with Gasteiger partial charge in [-0.2, -0.15) is 0 Å². The van der Waals surface area contributed by atoms with Gasteiger partial charge in [0.05, 0.1) is 7.11 Å². The van der Waals surface area contributed by atoms with Gasteiger partial charge in [-0.1, -0.05) is 38.1 Å². The van der Waals surface area contributed by atoms with Crippen LogP contribution in [-0.4, -0.2) is 28.9 Å². The average Bonchev–Trinajstić information content (AvgIpc) is 2.51. The third kappa shape index (κ3) is 2.72. The molecule has 2 atom stereocenters. The van der Waals surface area contributed by atoms with Gasteiger partial charge >= 0.3 is 5.97 Å². The van der Waals surface area contributed by atoms with Crippen molar-refractivity contribution in [1.29, 1.82) is 0 Å². The Labute approximate surface area is 124 Å². The molecule has 0 saturated carbocycles. The van der Waals surface area contributed by atoms with Gasteiger partial charge in [0.15, 0.2) is 5.60 Å². The maximum absolute atomic E-state index is 11.3. The molecule has 2 unspecified atom stereocenters. The number of benzene rings is 2. The molecule has 112 valence electrons. The van der Waals surface area contributed by atoms with E-state index in [0.29, 0.717) is 0 Å². The second-order valence-corrected chi connectivity index (χ2v) is 5.28. The minimum Gasteiger partial charge on any atom is -0.497 e. The molecule has 0 spiro atoms. The number of hydrogen-bond donors (Lipinski definition) is 2. The van der Waals surface area contributed by atoms with Gasteiger partial charge in [-0.3, -0.25) is 0 Å². The van der Waals surface area contributed by atoms with Crippen molar-refractivity contribution in [3.63, 3.8) is 0 Å². The van der Waals surface area contributed by atoms with E-state index in [1.165, 1.54) is 0 Å². The summed E-state index contributed by atoms with van der Waals surface area (Å²) in [5.41, 5.74) is -0.945. The Morgan fingerprint density at radius 1 is 1.24 bits per heavy atom. The molecule has 0 fully saturated rings. The number of ether oxygens (including phenoxy) is 1. The highest BCUT2D eigenvalue weighted by Gasteiger charge is 2.40. The summed E-state index contributed by atoms with van der Waals surface area (Å²) in [7, 11) is 1.62. The lowest BCUT2D eigenvalue weighted by molar-refractivity contribution is -0.161. The molecule has 0 heterocycles. The number of aliphatic carboxylic acids is 1. The van der Waals surface area contributed by atoms with Gasteiger partial charge in [0.1, 0.15) is 5.75 Å². The molecular weight excluding hydrogens is 268 g/mol. The molecule has 0 aliphatic heterocycles. The summed E-state index contributed by atoms with van der Waals surface area (Å²) in [6.45, 7) is 3.42. The molecule has 0 aromatic heterocycles. The van der Waals surface area contributed by atoms with Crippen molar-refractivity contribution in [2.24, 2.45) is 0 Å². The van der Waals surface area contributed by atoms with Crippen molar-refractivity contribution in [1.82, 2.24) is 0 Å². The van der Waals surface area contributed by atoms with Crippen molar-refractivity contribution in [3.8, 4) is 5.75 Å². The fraction of sp³-hybridized carbons (Fsp3) is 0.353. The van der Waals surface area contributed by atoms with Gasteiger partial charge in [-0.05, 0) is 34.9 Å². The molecule has 0 bridgehead atoms. The summed E-state index contributed by atoms with van der Waals surface area (Å²) in [6.07, 6.45) is 0.157. The first kappa shape index (κ1) is 15.3. The molecular formula is C17H20O4. The lowest BCUT2D eigenvalue weighted by atomic mass is 9.81. The minimum atomic E-state index is -1.75. The van der Waals surface area contributed by atoms with Crippen LogP contribution in [0.5, 0.6) is 5.75 Å². The summed E-state index contributed by atoms with van der Waals surface area (Å²) in [5.74, 6) is -0.905. The van der Waals surface area contributed by atoms with Crippen molar-refractivity contribution in [3.05, 3.63) is 42.0 Å². The second-order valence-electron chi connectivity index (χ2n) is 5.28. The summed E-state index contributed by atoms with van der Waals surface area (Å²) >= 11 is 0. The van der Waals surface area contributed by atoms with E-state index in [0.717, 1.165) is 22.1 Å². The number of carboxylic acids is 1. The van der Waals surface area contributed by atoms with Gasteiger partial charge in [-0.15, -0.1) is 0 Å². The molecule has 4 heteroatoms. The van der Waals surface area contributed by atoms with Gasteiger partial charge < -0.3 is 14.9 Å². The molecule has 2 rings (SSSR count). The standard InChI is InChI=1S/C17H20O4/c1-4-17(20,16(18)19)11(2)12-5-6-14-10-15(21-3)8-7-13(14)9-12/h5-11,20H,4H2,1-3H3,(H,18,19). The highest BCUT2D eigenvalue weighted by molar-refractivity contribution is 5.85. The Hall–Kier alpha value is -2.07. The number of methoxy groups -OCH3 is 1. The number of carboxylic acid groups (broad SMARTS) is 1. The molecule has 2 aromatic rings. The Balaban J connectivity index is 2.45. The monoisotopic (exact) mass is 288 g/mol. The molecule has 2 aromatic carbocycles. The van der Waals surface area contributed by atoms with Crippen molar-refractivity contribution < 1.29 is 19.7 Å². The first-order chi connectivity index (χ1) is 9.92. The van der Waals surface area contributed by atoms with E-state index in [1.807, 2.05) is 36.4 Å². The van der Waals surface area contributed by atoms with Crippen LogP contribution in [0.25, 0.3) is 10.8 Å². The van der Waals surface area contributed by atoms with Gasteiger partial charge in [0, 0.05) is 5.92 Å². The third-order valence-corrected chi connectivity index (χ3v) is 4.20. The lowest BCUT2D eigenvalue weighted by Crippen LogP contribution is -2.42. The summed E-state index contributed by atoms with van der Waals surface area (Å²) in [6, 6.07) is 11.4. The Kier molecular flexibility index (Phi) is 4.19. The van der Waals surface area contributed by atoms with Crippen LogP contribution in [-0.2, 0) is 4.79 Å². The predicted molar refractivity (Wildman–Crippen MR) is 81.8 cm³/mol. The summed E-state index contributed by atoms with van der Waals surface area (Å²) in [5, 5.41) is 21.6. The van der Waals surface area contributed by atoms with Gasteiger partial charge in [0.25, 0.3) is 0 Å². The van der Waals surface area contributed by atoms with Crippen LogP contribution in [0.2, 0.25) is 0 Å². The Bertz CT molecular complexity index is 665. The quantitative estimate of drug-likeness (QED) is 0.886. The van der Waals surface area contributed by atoms with Gasteiger partial charge in [-0.25, -0.2) is 4.79 Å². The average molecular weight is 288 g/mol. The number of rotatable bonds is 5. The maximum Gasteiger partial charge on any atom is 0.336 e. The zero-order valence-corrected chi connectivity index (χ0v) is 12.5. The van der Waals surface area contributed by atoms with E-state index in [9.17, 15) is 15.0 Å². The smallest absolute Gasteiger partial charge is 0.336 e. The number of hydrogen-bond acceptors (Lipinski definition) is 3. The molecule has 0 radical (unpaired) electrons. The van der Waals surface area contributed by atoms with E-state index >= 15 is 0 Å². The Morgan fingerprint density at radius 3 is 2.43 bits per heavy atom. The molecule has 4 nitrogen and oxygen atoms in total. The van der Waals surface area contributed by atoms with E-state index in [4.69, 9.17) is 4.74 Å². The molecule has 0 aliphatic rings. The van der Waals surface area contributed by atoms with Crippen LogP contribution in [0.4, 0.5) is 0 Å². The van der Waals surface area contributed by atoms with Crippen molar-refractivity contribution in [2.45, 2.75) is 31.8 Å². The Morgan fingerprint density at radius 2 is 1.86 bits per heavy atom. The van der Waals surface area contributed by atoms with E-state index in [1.54, 1.807) is 21.0 Å². The molecule has 0 aliphatic carbocycles. The van der Waals surface area contributed by atoms with Crippen LogP contribution < -0.4 is 4.74 Å². The number of carbonyl (C=O) groups is 1. The van der Waals surface area contributed by atoms with Crippen LogP contribution in [0.3, 0.4) is 0 Å². The number of aliphatic hydroxyl groups is 1. The minimum absolute atomic E-state index is 0.157. The summed E-state index contributed by atoms with van der Waals surface area (Å²) < 4.78 is 5.19. The fourth-order valence-electron chi connectivity index (χ4n) is 2.56. The normalized spacial score (nSPS) is 15.4. The van der Waals surface area contributed by atoms with E-state index in [2.05, 4.69) is 0 Å². The highest BCUT2D eigenvalue weighted by Crippen LogP contribution is 2.33. The second kappa shape index (κ2) is 5.74. The molecule has 0 saturated heterocycles. The van der Waals surface area contributed by atoms with Crippen LogP contribution >= 0.6 is 0 Å². The molecule has 21 heavy (non-hydrogen) atoms. The topological polar surface area (TPSA) is 66.8 Å². The van der Waals surface area contributed by atoms with Crippen LogP contribution in [0.15, 0.2) is 36.4 Å². The zero-order valence-electron chi connectivity index (χ0n) is 12.5. The van der Waals surface area contributed by atoms with Crippen molar-refractivity contribution in [2.75, 3.05) is 7.11 Å². The third-order valence-electron chi connectivity index (χ3n) is 4.20. The molecule has 2 N–H and O–H groups in total. The fourth-order valence-corrected chi connectivity index (χ4v) is 2.56. The van der Waals surface area contributed by atoms with Crippen molar-refractivity contribution >= 4 is 16.7 Å². The van der Waals surface area contributed by atoms with Gasteiger partial charge in [0.2, 0.25) is 0 Å². The molecule has 0 amide bonds. The van der Waals surface area contributed by atoms with Crippen LogP contribution in [0, 0.1) is 0 Å². The zero-order chi connectivity index (χ0) is 15.6. The first-order valence-electron chi connectivity index (χ1n) is 6.96. The van der Waals surface area contributed by atoms with E-state index < -0.39 is 17.5 Å².